The van der Waals surface area contributed by atoms with Gasteiger partial charge >= 0.3 is 0 Å². The number of benzene rings is 2. The minimum Gasteiger partial charge on any atom is -0.326 e. The number of nitrogens with one attached hydrogen (secondary N) is 1. The molecule has 0 fully saturated rings. The molecular weight excluding hydrogens is 280 g/mol. The van der Waals surface area contributed by atoms with Crippen LogP contribution in [0.25, 0.3) is 11.1 Å². The summed E-state index contributed by atoms with van der Waals surface area (Å²) >= 11 is 0. The maximum absolute atomic E-state index is 8.43. The molecule has 2 aromatic carbocycles. The molecule has 2 aromatic rings. The van der Waals surface area contributed by atoms with Crippen molar-refractivity contribution in [3.05, 3.63) is 59.2 Å². The zero-order chi connectivity index (χ0) is 16.8. The summed E-state index contributed by atoms with van der Waals surface area (Å²) in [6, 6.07) is 14.9. The molecule has 23 heavy (non-hydrogen) atoms. The highest BCUT2D eigenvalue weighted by Crippen LogP contribution is 2.26. The van der Waals surface area contributed by atoms with E-state index in [-0.39, 0.29) is 0 Å². The minimum atomic E-state index is 0.553. The van der Waals surface area contributed by atoms with Crippen molar-refractivity contribution in [2.45, 2.75) is 46.6 Å². The van der Waals surface area contributed by atoms with Crippen LogP contribution >= 0.6 is 0 Å². The average molecular weight is 308 g/mol. The van der Waals surface area contributed by atoms with Crippen LogP contribution in [0.3, 0.4) is 0 Å². The molecule has 0 atom stereocenters. The lowest BCUT2D eigenvalue weighted by atomic mass is 9.90. The average Bonchev–Trinajstić information content (AvgIpc) is 2.55. The van der Waals surface area contributed by atoms with E-state index in [9.17, 15) is 0 Å². The van der Waals surface area contributed by atoms with Crippen molar-refractivity contribution in [2.24, 2.45) is 11.7 Å². The highest BCUT2D eigenvalue weighted by Gasteiger charge is 2.11. The second kappa shape index (κ2) is 8.07. The maximum atomic E-state index is 8.43. The van der Waals surface area contributed by atoms with Crippen LogP contribution in [0.4, 0.5) is 0 Å². The van der Waals surface area contributed by atoms with Gasteiger partial charge in [0, 0.05) is 12.3 Å². The van der Waals surface area contributed by atoms with Gasteiger partial charge in [0.25, 0.3) is 0 Å². The Labute approximate surface area is 140 Å². The van der Waals surface area contributed by atoms with Gasteiger partial charge in [0.05, 0.1) is 0 Å². The molecule has 0 amide bonds. The minimum absolute atomic E-state index is 0.553. The van der Waals surface area contributed by atoms with E-state index in [0.29, 0.717) is 12.5 Å². The molecule has 0 aliphatic rings. The zero-order valence-corrected chi connectivity index (χ0v) is 14.5. The van der Waals surface area contributed by atoms with E-state index in [4.69, 9.17) is 11.1 Å². The van der Waals surface area contributed by atoms with E-state index in [0.717, 1.165) is 36.1 Å². The molecule has 0 unspecified atom stereocenters. The Hall–Kier alpha value is -1.93. The number of nitrogens with two attached hydrogens (primary N) is 1. The smallest absolute Gasteiger partial charge is 0.0389 e. The fraction of sp³-hybridized carbons (Fsp3) is 0.381. The standard InChI is InChI=1S/C21H28N2/c1-4-6-21(23)20-13-18(9-10-19(20)11-15(2)3)17-8-5-7-16(12-17)14-22/h5,7-10,12-13,15,23H,4,6,11,14,22H2,1-3H3. The van der Waals surface area contributed by atoms with E-state index >= 15 is 0 Å². The van der Waals surface area contributed by atoms with E-state index < -0.39 is 0 Å². The molecule has 0 saturated carbocycles. The van der Waals surface area contributed by atoms with Crippen LogP contribution in [0.15, 0.2) is 42.5 Å². The van der Waals surface area contributed by atoms with Crippen LogP contribution in [0.1, 0.15) is 50.3 Å². The van der Waals surface area contributed by atoms with Gasteiger partial charge in [0.2, 0.25) is 0 Å². The molecule has 0 spiro atoms. The summed E-state index contributed by atoms with van der Waals surface area (Å²) in [5, 5.41) is 8.43. The van der Waals surface area contributed by atoms with Gasteiger partial charge in [-0.25, -0.2) is 0 Å². The van der Waals surface area contributed by atoms with E-state index in [1.165, 1.54) is 16.7 Å². The number of rotatable bonds is 7. The van der Waals surface area contributed by atoms with Crippen molar-refractivity contribution in [3.8, 4) is 11.1 Å². The van der Waals surface area contributed by atoms with Gasteiger partial charge in [-0.05, 0) is 58.7 Å². The van der Waals surface area contributed by atoms with Gasteiger partial charge in [0.1, 0.15) is 0 Å². The topological polar surface area (TPSA) is 49.9 Å². The van der Waals surface area contributed by atoms with Gasteiger partial charge in [-0.1, -0.05) is 57.5 Å². The molecule has 0 radical (unpaired) electrons. The zero-order valence-electron chi connectivity index (χ0n) is 14.5. The van der Waals surface area contributed by atoms with Gasteiger partial charge in [-0.15, -0.1) is 0 Å². The summed E-state index contributed by atoms with van der Waals surface area (Å²) in [5.41, 5.74) is 12.4. The molecular formula is C21H28N2. The summed E-state index contributed by atoms with van der Waals surface area (Å²) in [6.45, 7) is 7.14. The predicted octanol–water partition coefficient (Wildman–Crippen LogP) is 5.18. The third-order valence-electron chi connectivity index (χ3n) is 4.06. The third-order valence-corrected chi connectivity index (χ3v) is 4.06. The number of hydrogen-bond acceptors (Lipinski definition) is 2. The highest BCUT2D eigenvalue weighted by molar-refractivity contribution is 6.00. The first-order valence-corrected chi connectivity index (χ1v) is 8.55. The highest BCUT2D eigenvalue weighted by atomic mass is 14.5. The molecule has 2 heteroatoms. The van der Waals surface area contributed by atoms with Crippen LogP contribution in [0, 0.1) is 11.3 Å². The van der Waals surface area contributed by atoms with Crippen LogP contribution in [0.5, 0.6) is 0 Å². The second-order valence-corrected chi connectivity index (χ2v) is 6.60. The lowest BCUT2D eigenvalue weighted by molar-refractivity contribution is 0.646. The van der Waals surface area contributed by atoms with E-state index in [2.05, 4.69) is 63.2 Å². The van der Waals surface area contributed by atoms with Crippen LogP contribution in [0.2, 0.25) is 0 Å². The van der Waals surface area contributed by atoms with Crippen molar-refractivity contribution < 1.29 is 0 Å². The molecule has 2 rings (SSSR count). The first-order valence-electron chi connectivity index (χ1n) is 8.55. The Morgan fingerprint density at radius 3 is 2.48 bits per heavy atom. The van der Waals surface area contributed by atoms with Crippen molar-refractivity contribution in [3.63, 3.8) is 0 Å². The Kier molecular flexibility index (Phi) is 6.12. The van der Waals surface area contributed by atoms with Crippen LogP contribution < -0.4 is 5.73 Å². The van der Waals surface area contributed by atoms with Gasteiger partial charge < -0.3 is 11.1 Å². The fourth-order valence-electron chi connectivity index (χ4n) is 2.92. The Morgan fingerprint density at radius 1 is 1.09 bits per heavy atom. The third kappa shape index (κ3) is 4.52. The van der Waals surface area contributed by atoms with Gasteiger partial charge in [-0.3, -0.25) is 0 Å². The molecule has 0 heterocycles. The molecule has 2 nitrogen and oxygen atoms in total. The summed E-state index contributed by atoms with van der Waals surface area (Å²) in [6.07, 6.45) is 2.86. The van der Waals surface area contributed by atoms with Gasteiger partial charge in [-0.2, -0.15) is 0 Å². The Balaban J connectivity index is 2.45. The van der Waals surface area contributed by atoms with Crippen LogP contribution in [-0.4, -0.2) is 5.71 Å². The molecule has 0 saturated heterocycles. The largest absolute Gasteiger partial charge is 0.326 e. The summed E-state index contributed by atoms with van der Waals surface area (Å²) in [5.74, 6) is 0.592. The second-order valence-electron chi connectivity index (χ2n) is 6.60. The predicted molar refractivity (Wildman–Crippen MR) is 100 cm³/mol. The normalized spacial score (nSPS) is 11.0. The van der Waals surface area contributed by atoms with E-state index in [1.54, 1.807) is 0 Å². The van der Waals surface area contributed by atoms with Crippen molar-refractivity contribution >= 4 is 5.71 Å². The van der Waals surface area contributed by atoms with Crippen molar-refractivity contribution in [1.82, 2.24) is 0 Å². The molecule has 0 aliphatic carbocycles. The Morgan fingerprint density at radius 2 is 1.83 bits per heavy atom. The molecule has 122 valence electrons. The molecule has 0 aliphatic heterocycles. The first kappa shape index (κ1) is 17.4. The van der Waals surface area contributed by atoms with E-state index in [1.807, 2.05) is 0 Å². The van der Waals surface area contributed by atoms with Crippen LogP contribution in [-0.2, 0) is 13.0 Å². The SMILES string of the molecule is CCCC(=N)c1cc(-c2cccc(CN)c2)ccc1CC(C)C. The summed E-state index contributed by atoms with van der Waals surface area (Å²) in [7, 11) is 0. The van der Waals surface area contributed by atoms with Gasteiger partial charge in [0.15, 0.2) is 0 Å². The van der Waals surface area contributed by atoms with Crippen molar-refractivity contribution in [2.75, 3.05) is 0 Å². The first-order chi connectivity index (χ1) is 11.0. The van der Waals surface area contributed by atoms with Crippen molar-refractivity contribution in [1.29, 1.82) is 5.41 Å². The number of hydrogen-bond donors (Lipinski definition) is 2. The Bertz CT molecular complexity index is 671. The lowest BCUT2D eigenvalue weighted by Gasteiger charge is -2.15. The lowest BCUT2D eigenvalue weighted by Crippen LogP contribution is -2.06. The maximum Gasteiger partial charge on any atom is 0.0389 e. The quantitative estimate of drug-likeness (QED) is 0.680. The molecule has 0 bridgehead atoms. The molecule has 0 aromatic heterocycles. The molecule has 3 N–H and O–H groups in total. The summed E-state index contributed by atoms with van der Waals surface area (Å²) < 4.78 is 0. The fourth-order valence-corrected chi connectivity index (χ4v) is 2.92. The summed E-state index contributed by atoms with van der Waals surface area (Å²) in [4.78, 5) is 0. The monoisotopic (exact) mass is 308 g/mol.